The van der Waals surface area contributed by atoms with Gasteiger partial charge in [-0.05, 0) is 52.6 Å². The van der Waals surface area contributed by atoms with Gasteiger partial charge in [-0.3, -0.25) is 4.79 Å². The first-order valence-electron chi connectivity index (χ1n) is 8.03. The van der Waals surface area contributed by atoms with E-state index in [1.165, 1.54) is 0 Å². The highest BCUT2D eigenvalue weighted by Crippen LogP contribution is 2.30. The molecule has 0 aliphatic heterocycles. The fourth-order valence-electron chi connectivity index (χ4n) is 2.59. The normalized spacial score (nSPS) is 13.0. The highest BCUT2D eigenvalue weighted by atomic mass is 35.5. The molecule has 1 N–H and O–H groups in total. The lowest BCUT2D eigenvalue weighted by atomic mass is 9.87. The molecule has 2 aromatic carbocycles. The molecule has 2 rings (SSSR count). The molecule has 0 bridgehead atoms. The molecule has 128 valence electrons. The van der Waals surface area contributed by atoms with Crippen molar-refractivity contribution in [3.8, 4) is 0 Å². The maximum absolute atomic E-state index is 12.9. The van der Waals surface area contributed by atoms with Crippen molar-refractivity contribution >= 4 is 17.5 Å². The van der Waals surface area contributed by atoms with Gasteiger partial charge in [0.15, 0.2) is 0 Å². The number of carbonyl (C=O) groups is 1. The van der Waals surface area contributed by atoms with Crippen LogP contribution in [0.15, 0.2) is 48.5 Å². The predicted molar refractivity (Wildman–Crippen MR) is 101 cm³/mol. The zero-order valence-corrected chi connectivity index (χ0v) is 15.7. The average molecular weight is 345 g/mol. The number of carbonyl (C=O) groups excluding carboxylic acids is 1. The molecule has 0 aromatic heterocycles. The Labute approximate surface area is 149 Å². The van der Waals surface area contributed by atoms with Gasteiger partial charge >= 0.3 is 0 Å². The van der Waals surface area contributed by atoms with Crippen molar-refractivity contribution in [2.75, 3.05) is 14.1 Å². The summed E-state index contributed by atoms with van der Waals surface area (Å²) in [5.74, 6) is -0.160. The maximum atomic E-state index is 12.9. The Balaban J connectivity index is 2.39. The number of nitrogens with one attached hydrogen (secondary N) is 1. The Morgan fingerprint density at radius 2 is 1.75 bits per heavy atom. The molecule has 0 aliphatic carbocycles. The molecule has 1 unspecified atom stereocenters. The molecule has 4 heteroatoms. The Hall–Kier alpha value is -1.84. The van der Waals surface area contributed by atoms with Crippen LogP contribution in [0.2, 0.25) is 5.02 Å². The van der Waals surface area contributed by atoms with Crippen molar-refractivity contribution in [3.63, 3.8) is 0 Å². The van der Waals surface area contributed by atoms with Gasteiger partial charge in [-0.25, -0.2) is 0 Å². The summed E-state index contributed by atoms with van der Waals surface area (Å²) < 4.78 is 0. The second-order valence-corrected chi connectivity index (χ2v) is 7.26. The number of halogens is 1. The molecule has 0 saturated heterocycles. The van der Waals surface area contributed by atoms with Crippen LogP contribution in [0.25, 0.3) is 0 Å². The van der Waals surface area contributed by atoms with Crippen molar-refractivity contribution < 1.29 is 4.79 Å². The monoisotopic (exact) mass is 344 g/mol. The molecular weight excluding hydrogens is 320 g/mol. The molecule has 0 radical (unpaired) electrons. The average Bonchev–Trinajstić information content (AvgIpc) is 2.55. The Morgan fingerprint density at radius 1 is 1.12 bits per heavy atom. The van der Waals surface area contributed by atoms with Gasteiger partial charge in [-0.1, -0.05) is 53.6 Å². The SMILES string of the molecule is Cc1ccc(Cl)c(C(=O)NC(c2ccccc2)C(C)(C)N(C)C)c1. The first-order chi connectivity index (χ1) is 11.2. The molecule has 0 spiro atoms. The molecule has 2 aromatic rings. The van der Waals surface area contributed by atoms with Crippen LogP contribution in [0.1, 0.15) is 41.4 Å². The van der Waals surface area contributed by atoms with Crippen molar-refractivity contribution in [1.82, 2.24) is 10.2 Å². The molecule has 0 aliphatic rings. The zero-order chi connectivity index (χ0) is 17.9. The summed E-state index contributed by atoms with van der Waals surface area (Å²) in [6, 6.07) is 15.3. The predicted octanol–water partition coefficient (Wildman–Crippen LogP) is 4.46. The van der Waals surface area contributed by atoms with Gasteiger partial charge in [0.05, 0.1) is 16.6 Å². The van der Waals surface area contributed by atoms with Gasteiger partial charge in [-0.15, -0.1) is 0 Å². The highest BCUT2D eigenvalue weighted by Gasteiger charge is 2.34. The molecular formula is C20H25ClN2O. The fraction of sp³-hybridized carbons (Fsp3) is 0.350. The van der Waals surface area contributed by atoms with E-state index in [2.05, 4.69) is 24.1 Å². The van der Waals surface area contributed by atoms with Crippen LogP contribution in [-0.2, 0) is 0 Å². The summed E-state index contributed by atoms with van der Waals surface area (Å²) in [5, 5.41) is 3.64. The van der Waals surface area contributed by atoms with Crippen LogP contribution >= 0.6 is 11.6 Å². The zero-order valence-electron chi connectivity index (χ0n) is 14.9. The molecule has 3 nitrogen and oxygen atoms in total. The summed E-state index contributed by atoms with van der Waals surface area (Å²) in [4.78, 5) is 15.0. The van der Waals surface area contributed by atoms with Crippen LogP contribution in [-0.4, -0.2) is 30.4 Å². The van der Waals surface area contributed by atoms with E-state index in [0.29, 0.717) is 10.6 Å². The quantitative estimate of drug-likeness (QED) is 0.868. The number of nitrogens with zero attached hydrogens (tertiary/aromatic N) is 1. The van der Waals surface area contributed by atoms with Crippen molar-refractivity contribution in [2.45, 2.75) is 32.4 Å². The Kier molecular flexibility index (Phi) is 5.68. The van der Waals surface area contributed by atoms with Crippen molar-refractivity contribution in [2.24, 2.45) is 0 Å². The van der Waals surface area contributed by atoms with E-state index in [0.717, 1.165) is 11.1 Å². The lowest BCUT2D eigenvalue weighted by Gasteiger charge is -2.40. The lowest BCUT2D eigenvalue weighted by Crippen LogP contribution is -2.50. The van der Waals surface area contributed by atoms with Gasteiger partial charge in [0.2, 0.25) is 0 Å². The van der Waals surface area contributed by atoms with Crippen LogP contribution in [0, 0.1) is 6.92 Å². The van der Waals surface area contributed by atoms with E-state index in [1.807, 2.05) is 63.5 Å². The number of hydrogen-bond donors (Lipinski definition) is 1. The molecule has 24 heavy (non-hydrogen) atoms. The van der Waals surface area contributed by atoms with E-state index < -0.39 is 0 Å². The van der Waals surface area contributed by atoms with Gasteiger partial charge in [-0.2, -0.15) is 0 Å². The third kappa shape index (κ3) is 3.97. The summed E-state index contributed by atoms with van der Waals surface area (Å²) >= 11 is 6.23. The Morgan fingerprint density at radius 3 is 2.33 bits per heavy atom. The number of benzene rings is 2. The summed E-state index contributed by atoms with van der Waals surface area (Å²) in [7, 11) is 4.03. The molecule has 1 atom stereocenters. The lowest BCUT2D eigenvalue weighted by molar-refractivity contribution is 0.0840. The second kappa shape index (κ2) is 7.37. The molecule has 1 amide bonds. The molecule has 0 saturated carbocycles. The van der Waals surface area contributed by atoms with Crippen molar-refractivity contribution in [3.05, 3.63) is 70.2 Å². The highest BCUT2D eigenvalue weighted by molar-refractivity contribution is 6.33. The summed E-state index contributed by atoms with van der Waals surface area (Å²) in [6.07, 6.45) is 0. The van der Waals surface area contributed by atoms with E-state index >= 15 is 0 Å². The van der Waals surface area contributed by atoms with E-state index in [-0.39, 0.29) is 17.5 Å². The Bertz CT molecular complexity index is 711. The number of amides is 1. The molecule has 0 fully saturated rings. The van der Waals surface area contributed by atoms with Crippen molar-refractivity contribution in [1.29, 1.82) is 0 Å². The van der Waals surface area contributed by atoms with E-state index in [4.69, 9.17) is 11.6 Å². The fourth-order valence-corrected chi connectivity index (χ4v) is 2.80. The standard InChI is InChI=1S/C20H25ClN2O/c1-14-11-12-17(21)16(13-14)19(24)22-18(20(2,3)23(4)5)15-9-7-6-8-10-15/h6-13,18H,1-5H3,(H,22,24). The van der Waals surface area contributed by atoms with Crippen LogP contribution in [0.5, 0.6) is 0 Å². The minimum Gasteiger partial charge on any atom is -0.343 e. The first kappa shape index (κ1) is 18.5. The third-order valence-electron chi connectivity index (χ3n) is 4.63. The van der Waals surface area contributed by atoms with Gasteiger partial charge < -0.3 is 10.2 Å². The number of aryl methyl sites for hydroxylation is 1. The topological polar surface area (TPSA) is 32.3 Å². The first-order valence-corrected chi connectivity index (χ1v) is 8.40. The van der Waals surface area contributed by atoms with Crippen LogP contribution in [0.4, 0.5) is 0 Å². The van der Waals surface area contributed by atoms with Gasteiger partial charge in [0.1, 0.15) is 0 Å². The van der Waals surface area contributed by atoms with E-state index in [9.17, 15) is 4.79 Å². The van der Waals surface area contributed by atoms with Gasteiger partial charge in [0, 0.05) is 5.54 Å². The van der Waals surface area contributed by atoms with Gasteiger partial charge in [0.25, 0.3) is 5.91 Å². The van der Waals surface area contributed by atoms with E-state index in [1.54, 1.807) is 6.07 Å². The number of rotatable bonds is 5. The van der Waals surface area contributed by atoms with Crippen LogP contribution < -0.4 is 5.32 Å². The smallest absolute Gasteiger partial charge is 0.253 e. The van der Waals surface area contributed by atoms with Crippen LogP contribution in [0.3, 0.4) is 0 Å². The molecule has 0 heterocycles. The minimum atomic E-state index is -0.271. The third-order valence-corrected chi connectivity index (χ3v) is 4.96. The number of hydrogen-bond acceptors (Lipinski definition) is 2. The number of likely N-dealkylation sites (N-methyl/N-ethyl adjacent to an activating group) is 1. The maximum Gasteiger partial charge on any atom is 0.253 e. The second-order valence-electron chi connectivity index (χ2n) is 6.85. The summed E-state index contributed by atoms with van der Waals surface area (Å²) in [6.45, 7) is 6.18. The summed E-state index contributed by atoms with van der Waals surface area (Å²) in [5.41, 5.74) is 2.31. The largest absolute Gasteiger partial charge is 0.343 e. The minimum absolute atomic E-state index is 0.160.